The second-order valence-corrected chi connectivity index (χ2v) is 4.67. The van der Waals surface area contributed by atoms with Gasteiger partial charge in [-0.1, -0.05) is 6.08 Å². The predicted octanol–water partition coefficient (Wildman–Crippen LogP) is 1.28. The highest BCUT2D eigenvalue weighted by Gasteiger charge is 2.17. The summed E-state index contributed by atoms with van der Waals surface area (Å²) in [5.74, 6) is 0. The van der Waals surface area contributed by atoms with E-state index in [0.717, 1.165) is 25.9 Å². The quantitative estimate of drug-likeness (QED) is 0.880. The molecule has 0 fully saturated rings. The minimum Gasteiger partial charge on any atom is -0.329 e. The van der Waals surface area contributed by atoms with Crippen LogP contribution in [0.25, 0.3) is 5.57 Å². The number of aromatic nitrogens is 4. The zero-order valence-corrected chi connectivity index (χ0v) is 10.2. The number of hydrogen-bond acceptors (Lipinski definition) is 3. The van der Waals surface area contributed by atoms with Crippen LogP contribution < -0.4 is 5.73 Å². The second-order valence-electron chi connectivity index (χ2n) is 4.67. The molecule has 1 aliphatic rings. The van der Waals surface area contributed by atoms with Crippen LogP contribution >= 0.6 is 0 Å². The van der Waals surface area contributed by atoms with Crippen molar-refractivity contribution in [2.24, 2.45) is 5.73 Å². The van der Waals surface area contributed by atoms with Crippen LogP contribution in [0.4, 0.5) is 0 Å². The Hall–Kier alpha value is -1.88. The number of aryl methyl sites for hydroxylation is 2. The average Bonchev–Trinajstić information content (AvgIpc) is 3.07. The van der Waals surface area contributed by atoms with Gasteiger partial charge < -0.3 is 10.3 Å². The Labute approximate surface area is 106 Å². The number of hydrogen-bond donors (Lipinski definition) is 1. The molecule has 94 valence electrons. The van der Waals surface area contributed by atoms with Crippen molar-refractivity contribution in [2.75, 3.05) is 0 Å². The fourth-order valence-electron chi connectivity index (χ4n) is 2.36. The highest BCUT2D eigenvalue weighted by Crippen LogP contribution is 2.26. The Balaban J connectivity index is 1.72. The third kappa shape index (κ3) is 2.22. The first-order valence-electron chi connectivity index (χ1n) is 6.25. The highest BCUT2D eigenvalue weighted by atomic mass is 15.3. The van der Waals surface area contributed by atoms with Gasteiger partial charge in [0.1, 0.15) is 0 Å². The molecule has 18 heavy (non-hydrogen) atoms. The molecule has 5 nitrogen and oxygen atoms in total. The minimum atomic E-state index is 0.273. The lowest BCUT2D eigenvalue weighted by atomic mass is 10.1. The molecule has 1 aliphatic carbocycles. The third-order valence-electron chi connectivity index (χ3n) is 3.32. The molecule has 2 aromatic heterocycles. The summed E-state index contributed by atoms with van der Waals surface area (Å²) in [5.41, 5.74) is 8.45. The molecule has 0 amide bonds. The molecule has 0 aliphatic heterocycles. The van der Waals surface area contributed by atoms with E-state index in [4.69, 9.17) is 5.73 Å². The van der Waals surface area contributed by atoms with E-state index in [1.807, 2.05) is 29.5 Å². The maximum atomic E-state index is 5.94. The van der Waals surface area contributed by atoms with Crippen molar-refractivity contribution >= 4 is 5.57 Å². The van der Waals surface area contributed by atoms with Crippen LogP contribution in [0.1, 0.15) is 18.5 Å². The van der Waals surface area contributed by atoms with Crippen molar-refractivity contribution in [2.45, 2.75) is 32.0 Å². The Bertz CT molecular complexity index is 537. The molecule has 0 bridgehead atoms. The van der Waals surface area contributed by atoms with Gasteiger partial charge in [-0.05, 0) is 24.5 Å². The average molecular weight is 243 g/mol. The van der Waals surface area contributed by atoms with Crippen molar-refractivity contribution in [3.63, 3.8) is 0 Å². The van der Waals surface area contributed by atoms with Crippen LogP contribution in [0.2, 0.25) is 0 Å². The van der Waals surface area contributed by atoms with Gasteiger partial charge in [0.25, 0.3) is 0 Å². The molecular formula is C13H17N5. The van der Waals surface area contributed by atoms with E-state index in [9.17, 15) is 0 Å². The van der Waals surface area contributed by atoms with E-state index in [-0.39, 0.29) is 6.04 Å². The monoisotopic (exact) mass is 243 g/mol. The number of rotatable bonds is 4. The topological polar surface area (TPSA) is 61.7 Å². The molecule has 2 aromatic rings. The van der Waals surface area contributed by atoms with Crippen molar-refractivity contribution in [1.82, 2.24) is 19.3 Å². The van der Waals surface area contributed by atoms with Gasteiger partial charge in [0.2, 0.25) is 0 Å². The van der Waals surface area contributed by atoms with Gasteiger partial charge in [0.15, 0.2) is 0 Å². The van der Waals surface area contributed by atoms with Gasteiger partial charge in [-0.2, -0.15) is 5.10 Å². The van der Waals surface area contributed by atoms with Crippen molar-refractivity contribution in [3.05, 3.63) is 42.8 Å². The predicted molar refractivity (Wildman–Crippen MR) is 69.6 cm³/mol. The Morgan fingerprint density at radius 3 is 3.06 bits per heavy atom. The van der Waals surface area contributed by atoms with Crippen LogP contribution in [0.15, 0.2) is 37.1 Å². The number of nitrogens with two attached hydrogens (primary N) is 1. The first-order valence-corrected chi connectivity index (χ1v) is 6.25. The molecular weight excluding hydrogens is 226 g/mol. The summed E-state index contributed by atoms with van der Waals surface area (Å²) in [4.78, 5) is 4.24. The summed E-state index contributed by atoms with van der Waals surface area (Å²) in [6.45, 7) is 1.74. The fraction of sp³-hybridized carbons (Fsp3) is 0.385. The molecule has 3 rings (SSSR count). The zero-order chi connectivity index (χ0) is 12.4. The normalized spacial score (nSPS) is 19.2. The summed E-state index contributed by atoms with van der Waals surface area (Å²) >= 11 is 0. The molecule has 2 N–H and O–H groups in total. The summed E-state index contributed by atoms with van der Waals surface area (Å²) < 4.78 is 4.10. The molecule has 0 saturated carbocycles. The van der Waals surface area contributed by atoms with Gasteiger partial charge in [0.05, 0.1) is 24.8 Å². The van der Waals surface area contributed by atoms with Gasteiger partial charge >= 0.3 is 0 Å². The second kappa shape index (κ2) is 4.78. The molecule has 0 aromatic carbocycles. The van der Waals surface area contributed by atoms with E-state index in [1.165, 1.54) is 11.3 Å². The van der Waals surface area contributed by atoms with Crippen LogP contribution in [0.5, 0.6) is 0 Å². The molecule has 2 heterocycles. The van der Waals surface area contributed by atoms with E-state index in [1.54, 1.807) is 6.20 Å². The Morgan fingerprint density at radius 2 is 2.33 bits per heavy atom. The Kier molecular flexibility index (Phi) is 2.98. The summed E-state index contributed by atoms with van der Waals surface area (Å²) in [6, 6.07) is 2.21. The van der Waals surface area contributed by atoms with E-state index >= 15 is 0 Å². The first kappa shape index (κ1) is 11.2. The molecule has 0 spiro atoms. The number of nitrogens with zero attached hydrogens (tertiary/aromatic N) is 4. The third-order valence-corrected chi connectivity index (χ3v) is 3.32. The van der Waals surface area contributed by atoms with Crippen LogP contribution in [-0.4, -0.2) is 25.4 Å². The van der Waals surface area contributed by atoms with Crippen molar-refractivity contribution in [1.29, 1.82) is 0 Å². The molecule has 1 atom stereocenters. The SMILES string of the molecule is NC1CC=C(c2cncn2CCn2cccn2)C1. The van der Waals surface area contributed by atoms with E-state index < -0.39 is 0 Å². The minimum absolute atomic E-state index is 0.273. The summed E-state index contributed by atoms with van der Waals surface area (Å²) in [5, 5.41) is 4.20. The molecule has 0 radical (unpaired) electrons. The van der Waals surface area contributed by atoms with Crippen molar-refractivity contribution in [3.8, 4) is 0 Å². The first-order chi connectivity index (χ1) is 8.83. The van der Waals surface area contributed by atoms with Crippen LogP contribution in [-0.2, 0) is 13.1 Å². The highest BCUT2D eigenvalue weighted by molar-refractivity contribution is 5.65. The standard InChI is InChI=1S/C13H17N5/c14-12-3-2-11(8-12)13-9-15-10-17(13)6-7-18-5-1-4-16-18/h1-2,4-5,9-10,12H,3,6-8,14H2. The van der Waals surface area contributed by atoms with Crippen molar-refractivity contribution < 1.29 is 0 Å². The Morgan fingerprint density at radius 1 is 1.39 bits per heavy atom. The maximum Gasteiger partial charge on any atom is 0.0951 e. The zero-order valence-electron chi connectivity index (χ0n) is 10.2. The fourth-order valence-corrected chi connectivity index (χ4v) is 2.36. The maximum absolute atomic E-state index is 5.94. The van der Waals surface area contributed by atoms with E-state index in [0.29, 0.717) is 0 Å². The number of imidazole rings is 1. The molecule has 1 unspecified atom stereocenters. The molecule has 0 saturated heterocycles. The summed E-state index contributed by atoms with van der Waals surface area (Å²) in [6.07, 6.45) is 11.7. The van der Waals surface area contributed by atoms with Crippen LogP contribution in [0.3, 0.4) is 0 Å². The summed E-state index contributed by atoms with van der Waals surface area (Å²) in [7, 11) is 0. The van der Waals surface area contributed by atoms with Gasteiger partial charge in [-0.3, -0.25) is 4.68 Å². The van der Waals surface area contributed by atoms with Gasteiger partial charge in [0, 0.05) is 25.0 Å². The lowest BCUT2D eigenvalue weighted by molar-refractivity contribution is 0.530. The van der Waals surface area contributed by atoms with Crippen LogP contribution in [0, 0.1) is 0 Å². The smallest absolute Gasteiger partial charge is 0.0951 e. The lowest BCUT2D eigenvalue weighted by Gasteiger charge is -2.09. The van der Waals surface area contributed by atoms with Gasteiger partial charge in [-0.15, -0.1) is 0 Å². The lowest BCUT2D eigenvalue weighted by Crippen LogP contribution is -2.15. The largest absolute Gasteiger partial charge is 0.329 e. The molecule has 5 heteroatoms. The van der Waals surface area contributed by atoms with E-state index in [2.05, 4.69) is 20.7 Å². The van der Waals surface area contributed by atoms with Gasteiger partial charge in [-0.25, -0.2) is 4.98 Å².